The van der Waals surface area contributed by atoms with Gasteiger partial charge in [0.05, 0.1) is 0 Å². The van der Waals surface area contributed by atoms with Crippen molar-refractivity contribution < 1.29 is 13.2 Å². The lowest BCUT2D eigenvalue weighted by molar-refractivity contribution is -0.135. The molecular weight excluding hydrogens is 295 g/mol. The topological polar surface area (TPSA) is 12.0 Å². The zero-order valence-electron chi connectivity index (χ0n) is 12.7. The van der Waals surface area contributed by atoms with E-state index in [0.717, 1.165) is 18.7 Å². The van der Waals surface area contributed by atoms with Crippen molar-refractivity contribution in [1.82, 2.24) is 5.32 Å². The van der Waals surface area contributed by atoms with Crippen LogP contribution in [0.4, 0.5) is 13.2 Å². The summed E-state index contributed by atoms with van der Waals surface area (Å²) in [5.74, 6) is 0.807. The Labute approximate surface area is 129 Å². The molecule has 0 aliphatic heterocycles. The first kappa shape index (κ1) is 18.4. The Morgan fingerprint density at radius 2 is 2.05 bits per heavy atom. The fourth-order valence-corrected chi connectivity index (χ4v) is 3.17. The maximum absolute atomic E-state index is 12.2. The van der Waals surface area contributed by atoms with E-state index >= 15 is 0 Å². The highest BCUT2D eigenvalue weighted by atomic mass is 32.2. The predicted octanol–water partition coefficient (Wildman–Crippen LogP) is 5.19. The van der Waals surface area contributed by atoms with Gasteiger partial charge in [-0.1, -0.05) is 24.6 Å². The van der Waals surface area contributed by atoms with Crippen LogP contribution in [0.2, 0.25) is 0 Å². The molecule has 1 N–H and O–H groups in total. The average Bonchev–Trinajstić information content (AvgIpc) is 2.40. The Balaban J connectivity index is 2.41. The van der Waals surface area contributed by atoms with Gasteiger partial charge in [0.2, 0.25) is 0 Å². The summed E-state index contributed by atoms with van der Waals surface area (Å²) in [5, 5.41) is 3.35. The molecule has 1 aromatic rings. The number of halogens is 3. The number of benzene rings is 1. The predicted molar refractivity (Wildman–Crippen MR) is 83.9 cm³/mol. The highest BCUT2D eigenvalue weighted by Gasteiger charge is 2.26. The molecule has 1 aromatic carbocycles. The molecule has 1 nitrogen and oxygen atoms in total. The van der Waals surface area contributed by atoms with Gasteiger partial charge in [0.25, 0.3) is 0 Å². The van der Waals surface area contributed by atoms with E-state index < -0.39 is 12.6 Å². The smallest absolute Gasteiger partial charge is 0.313 e. The van der Waals surface area contributed by atoms with Gasteiger partial charge in [-0.2, -0.15) is 13.2 Å². The Morgan fingerprint density at radius 3 is 2.67 bits per heavy atom. The summed E-state index contributed by atoms with van der Waals surface area (Å²) in [5.41, 5.74) is 1.20. The molecule has 0 aromatic heterocycles. The number of rotatable bonds is 9. The third kappa shape index (κ3) is 9.04. The van der Waals surface area contributed by atoms with Gasteiger partial charge in [-0.05, 0) is 44.9 Å². The number of aryl methyl sites for hydroxylation is 1. The van der Waals surface area contributed by atoms with Crippen LogP contribution in [0, 0.1) is 6.92 Å². The minimum absolute atomic E-state index is 0.137. The van der Waals surface area contributed by atoms with Crippen LogP contribution in [-0.4, -0.2) is 24.5 Å². The molecule has 1 atom stereocenters. The lowest BCUT2D eigenvalue weighted by Crippen LogP contribution is -2.32. The molecule has 0 aliphatic rings. The van der Waals surface area contributed by atoms with Crippen LogP contribution < -0.4 is 5.32 Å². The Hall–Kier alpha value is -0.680. The highest BCUT2D eigenvalue weighted by Crippen LogP contribution is 2.25. The Bertz CT molecular complexity index is 407. The van der Waals surface area contributed by atoms with E-state index in [1.54, 1.807) is 11.8 Å². The normalized spacial score (nSPS) is 13.4. The van der Waals surface area contributed by atoms with Crippen molar-refractivity contribution in [2.45, 2.75) is 56.6 Å². The van der Waals surface area contributed by atoms with Gasteiger partial charge < -0.3 is 5.32 Å². The summed E-state index contributed by atoms with van der Waals surface area (Å²) in [4.78, 5) is 1.18. The summed E-state index contributed by atoms with van der Waals surface area (Å²) < 4.78 is 36.7. The van der Waals surface area contributed by atoms with E-state index in [2.05, 4.69) is 18.3 Å². The second-order valence-electron chi connectivity index (χ2n) is 5.29. The Kier molecular flexibility index (Phi) is 8.19. The van der Waals surface area contributed by atoms with Crippen LogP contribution in [0.15, 0.2) is 29.2 Å². The van der Waals surface area contributed by atoms with E-state index in [9.17, 15) is 13.2 Å². The van der Waals surface area contributed by atoms with Gasteiger partial charge in [0.1, 0.15) is 0 Å². The van der Waals surface area contributed by atoms with Gasteiger partial charge in [-0.15, -0.1) is 11.8 Å². The number of hydrogen-bond donors (Lipinski definition) is 1. The van der Waals surface area contributed by atoms with Crippen LogP contribution in [0.25, 0.3) is 0 Å². The van der Waals surface area contributed by atoms with Gasteiger partial charge in [-0.3, -0.25) is 0 Å². The van der Waals surface area contributed by atoms with Gasteiger partial charge in [0.15, 0.2) is 0 Å². The van der Waals surface area contributed by atoms with Crippen molar-refractivity contribution >= 4 is 11.8 Å². The van der Waals surface area contributed by atoms with Crippen molar-refractivity contribution in [1.29, 1.82) is 0 Å². The van der Waals surface area contributed by atoms with Crippen molar-refractivity contribution in [3.63, 3.8) is 0 Å². The SMILES string of the molecule is CCCNC(CCCC(F)(F)F)CSc1cccc(C)c1. The number of nitrogens with one attached hydrogen (secondary N) is 1. The van der Waals surface area contributed by atoms with Gasteiger partial charge >= 0.3 is 6.18 Å². The van der Waals surface area contributed by atoms with Crippen LogP contribution in [0.5, 0.6) is 0 Å². The zero-order valence-corrected chi connectivity index (χ0v) is 13.5. The minimum Gasteiger partial charge on any atom is -0.313 e. The first-order chi connectivity index (χ1) is 9.90. The fourth-order valence-electron chi connectivity index (χ4n) is 2.04. The third-order valence-corrected chi connectivity index (χ3v) is 4.29. The minimum atomic E-state index is -4.04. The molecule has 0 radical (unpaired) electrons. The van der Waals surface area contributed by atoms with Gasteiger partial charge in [-0.25, -0.2) is 0 Å². The van der Waals surface area contributed by atoms with E-state index in [4.69, 9.17) is 0 Å². The van der Waals surface area contributed by atoms with Crippen molar-refractivity contribution in [3.8, 4) is 0 Å². The largest absolute Gasteiger partial charge is 0.389 e. The summed E-state index contributed by atoms with van der Waals surface area (Å²) in [6, 6.07) is 8.34. The van der Waals surface area contributed by atoms with Crippen LogP contribution in [0.3, 0.4) is 0 Å². The fraction of sp³-hybridized carbons (Fsp3) is 0.625. The lowest BCUT2D eigenvalue weighted by atomic mass is 10.1. The molecule has 0 amide bonds. The maximum atomic E-state index is 12.2. The molecule has 0 aliphatic carbocycles. The summed E-state index contributed by atoms with van der Waals surface area (Å²) in [6.45, 7) is 4.96. The van der Waals surface area contributed by atoms with Crippen LogP contribution in [-0.2, 0) is 0 Å². The van der Waals surface area contributed by atoms with Gasteiger partial charge in [0, 0.05) is 23.1 Å². The van der Waals surface area contributed by atoms with Crippen molar-refractivity contribution in [3.05, 3.63) is 29.8 Å². The summed E-state index contributed by atoms with van der Waals surface area (Å²) in [6.07, 6.45) is -2.98. The molecular formula is C16H24F3NS. The zero-order chi connectivity index (χ0) is 15.7. The molecule has 0 spiro atoms. The highest BCUT2D eigenvalue weighted by molar-refractivity contribution is 7.99. The molecule has 0 saturated heterocycles. The molecule has 0 bridgehead atoms. The number of thioether (sulfide) groups is 1. The monoisotopic (exact) mass is 319 g/mol. The maximum Gasteiger partial charge on any atom is 0.389 e. The van der Waals surface area contributed by atoms with E-state index in [-0.39, 0.29) is 12.5 Å². The molecule has 120 valence electrons. The van der Waals surface area contributed by atoms with E-state index in [0.29, 0.717) is 6.42 Å². The second kappa shape index (κ2) is 9.36. The number of alkyl halides is 3. The molecule has 0 fully saturated rings. The summed E-state index contributed by atoms with van der Waals surface area (Å²) >= 11 is 1.71. The second-order valence-corrected chi connectivity index (χ2v) is 6.38. The van der Waals surface area contributed by atoms with Crippen LogP contribution in [0.1, 0.15) is 38.2 Å². The Morgan fingerprint density at radius 1 is 1.29 bits per heavy atom. The molecule has 21 heavy (non-hydrogen) atoms. The number of hydrogen-bond acceptors (Lipinski definition) is 2. The standard InChI is InChI=1S/C16H24F3NS/c1-3-10-20-14(7-5-9-16(17,18)19)12-21-15-8-4-6-13(2)11-15/h4,6,8,11,14,20H,3,5,7,9-10,12H2,1-2H3. The molecule has 1 rings (SSSR count). The van der Waals surface area contributed by atoms with Crippen LogP contribution >= 0.6 is 11.8 Å². The van der Waals surface area contributed by atoms with Crippen molar-refractivity contribution in [2.24, 2.45) is 0 Å². The molecule has 0 heterocycles. The quantitative estimate of drug-likeness (QED) is 0.629. The average molecular weight is 319 g/mol. The molecule has 0 saturated carbocycles. The lowest BCUT2D eigenvalue weighted by Gasteiger charge is -2.18. The van der Waals surface area contributed by atoms with Crippen molar-refractivity contribution in [2.75, 3.05) is 12.3 Å². The van der Waals surface area contributed by atoms with E-state index in [1.807, 2.05) is 25.1 Å². The molecule has 1 unspecified atom stereocenters. The first-order valence-electron chi connectivity index (χ1n) is 7.40. The first-order valence-corrected chi connectivity index (χ1v) is 8.39. The third-order valence-electron chi connectivity index (χ3n) is 3.14. The van der Waals surface area contributed by atoms with E-state index in [1.165, 1.54) is 10.5 Å². The summed E-state index contributed by atoms with van der Waals surface area (Å²) in [7, 11) is 0. The molecule has 5 heteroatoms.